The topological polar surface area (TPSA) is 113 Å². The molecule has 0 aromatic heterocycles. The Hall–Kier alpha value is -1.44. The Bertz CT molecular complexity index is 629. The van der Waals surface area contributed by atoms with E-state index in [-0.39, 0.29) is 18.9 Å². The van der Waals surface area contributed by atoms with E-state index < -0.39 is 46.2 Å². The first kappa shape index (κ1) is 14.2. The summed E-state index contributed by atoms with van der Waals surface area (Å²) in [6, 6.07) is 0. The number of aliphatic hydroxyl groups is 3. The first-order chi connectivity index (χ1) is 10.1. The molecule has 3 fully saturated rings. The number of fused-ring (bicyclic) bond motifs is 4. The first-order valence-corrected chi connectivity index (χ1v) is 7.35. The number of ether oxygens (including phenoxy) is 2. The van der Waals surface area contributed by atoms with Crippen molar-refractivity contribution in [2.75, 3.05) is 6.61 Å². The molecule has 1 spiro atoms. The molecule has 3 N–H and O–H groups in total. The van der Waals surface area contributed by atoms with Crippen LogP contribution in [0.4, 0.5) is 0 Å². The van der Waals surface area contributed by atoms with E-state index in [0.717, 1.165) is 0 Å². The van der Waals surface area contributed by atoms with Crippen LogP contribution in [0.15, 0.2) is 12.2 Å². The van der Waals surface area contributed by atoms with Crippen molar-refractivity contribution in [1.29, 1.82) is 0 Å². The highest BCUT2D eigenvalue weighted by atomic mass is 16.6. The minimum atomic E-state index is -2.13. The lowest BCUT2D eigenvalue weighted by atomic mass is 9.44. The third kappa shape index (κ3) is 1.03. The lowest BCUT2D eigenvalue weighted by Crippen LogP contribution is -2.80. The van der Waals surface area contributed by atoms with Crippen LogP contribution in [0.5, 0.6) is 0 Å². The minimum absolute atomic E-state index is 0.00817. The number of esters is 2. The SMILES string of the molecule is C[C@@H]1C=C[C@@]2(O)[C@@]13C[C@H](OC(=O)[C@@H]3O)[C@@]1(O)C(=O)OC[C@@]21C. The van der Waals surface area contributed by atoms with Gasteiger partial charge >= 0.3 is 11.9 Å². The monoisotopic (exact) mass is 310 g/mol. The van der Waals surface area contributed by atoms with Gasteiger partial charge in [0.05, 0.1) is 5.41 Å². The van der Waals surface area contributed by atoms with Crippen LogP contribution in [0.25, 0.3) is 0 Å². The fraction of sp³-hybridized carbons (Fsp3) is 0.733. The molecule has 0 unspecified atom stereocenters. The molecule has 4 rings (SSSR count). The number of allylic oxidation sites excluding steroid dienone is 1. The predicted octanol–water partition coefficient (Wildman–Crippen LogP) is -1.11. The fourth-order valence-electron chi connectivity index (χ4n) is 5.10. The van der Waals surface area contributed by atoms with Gasteiger partial charge in [0.25, 0.3) is 0 Å². The zero-order valence-electron chi connectivity index (χ0n) is 12.3. The molecule has 0 radical (unpaired) electrons. The van der Waals surface area contributed by atoms with Gasteiger partial charge in [-0.15, -0.1) is 0 Å². The predicted molar refractivity (Wildman–Crippen MR) is 70.2 cm³/mol. The van der Waals surface area contributed by atoms with Gasteiger partial charge in [0.15, 0.2) is 6.10 Å². The average molecular weight is 310 g/mol. The Kier molecular flexibility index (Phi) is 2.29. The zero-order valence-corrected chi connectivity index (χ0v) is 12.3. The van der Waals surface area contributed by atoms with Crippen molar-refractivity contribution >= 4 is 11.9 Å². The van der Waals surface area contributed by atoms with Crippen molar-refractivity contribution in [2.45, 2.75) is 43.7 Å². The third-order valence-corrected chi connectivity index (χ3v) is 6.59. The molecule has 7 atom stereocenters. The summed E-state index contributed by atoms with van der Waals surface area (Å²) in [5.41, 5.74) is -6.53. The van der Waals surface area contributed by atoms with Crippen LogP contribution in [-0.4, -0.2) is 57.3 Å². The molecule has 2 aliphatic carbocycles. The van der Waals surface area contributed by atoms with Crippen molar-refractivity contribution in [1.82, 2.24) is 0 Å². The Labute approximate surface area is 126 Å². The highest BCUT2D eigenvalue weighted by molar-refractivity contribution is 5.87. The fourth-order valence-corrected chi connectivity index (χ4v) is 5.10. The highest BCUT2D eigenvalue weighted by Gasteiger charge is 2.84. The maximum atomic E-state index is 12.2. The Morgan fingerprint density at radius 2 is 2.00 bits per heavy atom. The standard InChI is InChI=1S/C15H18O7/c1-7-3-4-14(19)12(2)6-21-11(18)15(12,20)8-5-13(7,14)9(16)10(17)22-8/h3-4,7-9,16,19-20H,5-6H2,1-2H3/t7-,8+,9+,12+,13+,14+,15-/m1/s1. The molecule has 0 aromatic carbocycles. The molecular formula is C15H18O7. The molecular weight excluding hydrogens is 292 g/mol. The molecule has 2 bridgehead atoms. The van der Waals surface area contributed by atoms with Gasteiger partial charge in [-0.25, -0.2) is 9.59 Å². The molecule has 7 heteroatoms. The van der Waals surface area contributed by atoms with E-state index in [1.165, 1.54) is 13.0 Å². The van der Waals surface area contributed by atoms with Gasteiger partial charge in [0.2, 0.25) is 5.60 Å². The molecule has 22 heavy (non-hydrogen) atoms. The number of hydrogen-bond donors (Lipinski definition) is 3. The highest BCUT2D eigenvalue weighted by Crippen LogP contribution is 2.69. The van der Waals surface area contributed by atoms with Gasteiger partial charge in [-0.2, -0.15) is 0 Å². The van der Waals surface area contributed by atoms with Crippen LogP contribution < -0.4 is 0 Å². The molecule has 2 saturated heterocycles. The van der Waals surface area contributed by atoms with Gasteiger partial charge in [0, 0.05) is 11.8 Å². The minimum Gasteiger partial charge on any atom is -0.463 e. The van der Waals surface area contributed by atoms with Crippen LogP contribution in [0.2, 0.25) is 0 Å². The van der Waals surface area contributed by atoms with E-state index >= 15 is 0 Å². The van der Waals surface area contributed by atoms with E-state index in [0.29, 0.717) is 0 Å². The number of carbonyl (C=O) groups excluding carboxylic acids is 2. The lowest BCUT2D eigenvalue weighted by molar-refractivity contribution is -0.310. The van der Waals surface area contributed by atoms with E-state index in [1.807, 2.05) is 0 Å². The maximum Gasteiger partial charge on any atom is 0.342 e. The summed E-state index contributed by atoms with van der Waals surface area (Å²) in [5, 5.41) is 32.9. The van der Waals surface area contributed by atoms with E-state index in [4.69, 9.17) is 9.47 Å². The van der Waals surface area contributed by atoms with Crippen LogP contribution in [-0.2, 0) is 19.1 Å². The van der Waals surface area contributed by atoms with Crippen molar-refractivity contribution in [3.05, 3.63) is 12.2 Å². The molecule has 0 aromatic rings. The Morgan fingerprint density at radius 3 is 2.68 bits per heavy atom. The van der Waals surface area contributed by atoms with Crippen LogP contribution in [0.1, 0.15) is 20.3 Å². The van der Waals surface area contributed by atoms with Crippen molar-refractivity contribution in [3.8, 4) is 0 Å². The lowest BCUT2D eigenvalue weighted by Gasteiger charge is -2.64. The van der Waals surface area contributed by atoms with Crippen molar-refractivity contribution in [2.24, 2.45) is 16.7 Å². The summed E-state index contributed by atoms with van der Waals surface area (Å²) in [6.45, 7) is 3.12. The van der Waals surface area contributed by atoms with E-state index in [1.54, 1.807) is 13.0 Å². The van der Waals surface area contributed by atoms with Gasteiger partial charge in [0.1, 0.15) is 18.3 Å². The second-order valence-electron chi connectivity index (χ2n) is 7.16. The number of rotatable bonds is 0. The molecule has 1 saturated carbocycles. The molecule has 0 amide bonds. The number of aliphatic hydroxyl groups excluding tert-OH is 1. The third-order valence-electron chi connectivity index (χ3n) is 6.59. The summed E-state index contributed by atoms with van der Waals surface area (Å²) in [5.74, 6) is -2.15. The van der Waals surface area contributed by atoms with Crippen LogP contribution in [0.3, 0.4) is 0 Å². The Morgan fingerprint density at radius 1 is 1.32 bits per heavy atom. The van der Waals surface area contributed by atoms with Gasteiger partial charge in [-0.05, 0) is 12.8 Å². The molecule has 120 valence electrons. The quantitative estimate of drug-likeness (QED) is 0.384. The second-order valence-corrected chi connectivity index (χ2v) is 7.16. The number of hydrogen-bond acceptors (Lipinski definition) is 7. The Balaban J connectivity index is 2.03. The zero-order chi connectivity index (χ0) is 16.1. The first-order valence-electron chi connectivity index (χ1n) is 7.35. The summed E-state index contributed by atoms with van der Waals surface area (Å²) in [7, 11) is 0. The second kappa shape index (κ2) is 3.55. The van der Waals surface area contributed by atoms with Crippen molar-refractivity contribution < 1.29 is 34.4 Å². The normalized spacial score (nSPS) is 58.9. The largest absolute Gasteiger partial charge is 0.463 e. The summed E-state index contributed by atoms with van der Waals surface area (Å²) in [6.07, 6.45) is 0.509. The molecule has 2 heterocycles. The van der Waals surface area contributed by atoms with Crippen molar-refractivity contribution in [3.63, 3.8) is 0 Å². The van der Waals surface area contributed by atoms with Gasteiger partial charge in [-0.3, -0.25) is 0 Å². The van der Waals surface area contributed by atoms with Crippen LogP contribution in [0, 0.1) is 16.7 Å². The summed E-state index contributed by atoms with van der Waals surface area (Å²) < 4.78 is 10.2. The molecule has 4 aliphatic rings. The summed E-state index contributed by atoms with van der Waals surface area (Å²) >= 11 is 0. The molecule has 7 nitrogen and oxygen atoms in total. The van der Waals surface area contributed by atoms with Crippen LogP contribution >= 0.6 is 0 Å². The van der Waals surface area contributed by atoms with Gasteiger partial charge in [-0.1, -0.05) is 19.1 Å². The van der Waals surface area contributed by atoms with E-state index in [9.17, 15) is 24.9 Å². The maximum absolute atomic E-state index is 12.2. The average Bonchev–Trinajstić information content (AvgIpc) is 2.87. The number of carbonyl (C=O) groups is 2. The number of cyclic esters (lactones) is 1. The molecule has 2 aliphatic heterocycles. The van der Waals surface area contributed by atoms with Gasteiger partial charge < -0.3 is 24.8 Å². The van der Waals surface area contributed by atoms with E-state index in [2.05, 4.69) is 0 Å². The smallest absolute Gasteiger partial charge is 0.342 e. The summed E-state index contributed by atoms with van der Waals surface area (Å²) in [4.78, 5) is 24.3.